The van der Waals surface area contributed by atoms with Gasteiger partial charge < -0.3 is 4.74 Å². The number of nitrogens with zero attached hydrogens (tertiary/aromatic N) is 3. The van der Waals surface area contributed by atoms with Crippen molar-refractivity contribution in [3.8, 4) is 11.6 Å². The second-order valence-corrected chi connectivity index (χ2v) is 3.88. The Morgan fingerprint density at radius 2 is 2.10 bits per heavy atom. The molecular formula is C11H8F3N3O3. The van der Waals surface area contributed by atoms with Crippen LogP contribution in [0.5, 0.6) is 11.6 Å². The van der Waals surface area contributed by atoms with Gasteiger partial charge >= 0.3 is 17.7 Å². The van der Waals surface area contributed by atoms with Crippen molar-refractivity contribution in [2.75, 3.05) is 0 Å². The van der Waals surface area contributed by atoms with E-state index in [1.165, 1.54) is 13.1 Å². The summed E-state index contributed by atoms with van der Waals surface area (Å²) in [4.78, 5) is 10.0. The van der Waals surface area contributed by atoms with E-state index in [9.17, 15) is 23.3 Å². The van der Waals surface area contributed by atoms with Crippen LogP contribution in [-0.2, 0) is 13.2 Å². The van der Waals surface area contributed by atoms with Crippen LogP contribution in [0.2, 0.25) is 0 Å². The Hall–Kier alpha value is -2.58. The van der Waals surface area contributed by atoms with E-state index >= 15 is 0 Å². The fourth-order valence-corrected chi connectivity index (χ4v) is 1.50. The fraction of sp³-hybridized carbons (Fsp3) is 0.182. The van der Waals surface area contributed by atoms with Crippen LogP contribution >= 0.6 is 0 Å². The van der Waals surface area contributed by atoms with Crippen LogP contribution in [0, 0.1) is 10.1 Å². The fourth-order valence-electron chi connectivity index (χ4n) is 1.50. The first-order valence-electron chi connectivity index (χ1n) is 5.30. The van der Waals surface area contributed by atoms with Crippen LogP contribution in [0.15, 0.2) is 30.5 Å². The van der Waals surface area contributed by atoms with Gasteiger partial charge in [-0.3, -0.25) is 14.8 Å². The third-order valence-electron chi connectivity index (χ3n) is 2.35. The van der Waals surface area contributed by atoms with Gasteiger partial charge in [-0.25, -0.2) is 0 Å². The van der Waals surface area contributed by atoms with Crippen LogP contribution in [-0.4, -0.2) is 14.7 Å². The van der Waals surface area contributed by atoms with E-state index in [0.717, 1.165) is 29.1 Å². The molecule has 0 unspecified atom stereocenters. The highest BCUT2D eigenvalue weighted by Crippen LogP contribution is 2.34. The van der Waals surface area contributed by atoms with Crippen molar-refractivity contribution in [3.63, 3.8) is 0 Å². The van der Waals surface area contributed by atoms with Crippen LogP contribution in [0.25, 0.3) is 0 Å². The Labute approximate surface area is 110 Å². The summed E-state index contributed by atoms with van der Waals surface area (Å²) in [5, 5.41) is 14.4. The van der Waals surface area contributed by atoms with Gasteiger partial charge in [-0.15, -0.1) is 5.10 Å². The Bertz CT molecular complexity index is 652. The van der Waals surface area contributed by atoms with E-state index in [-0.39, 0.29) is 11.6 Å². The summed E-state index contributed by atoms with van der Waals surface area (Å²) in [5.41, 5.74) is -1.33. The molecule has 0 N–H and O–H groups in total. The lowest BCUT2D eigenvalue weighted by molar-refractivity contribution is -0.385. The topological polar surface area (TPSA) is 70.2 Å². The van der Waals surface area contributed by atoms with E-state index in [0.29, 0.717) is 0 Å². The standard InChI is InChI=1S/C11H8F3N3O3/c1-16-6-9(17(18)19)10(15-16)20-8-4-2-3-7(5-8)11(12,13)14/h2-6H,1H3. The third kappa shape index (κ3) is 2.87. The summed E-state index contributed by atoms with van der Waals surface area (Å²) in [6.07, 6.45) is -3.42. The summed E-state index contributed by atoms with van der Waals surface area (Å²) in [6, 6.07) is 4.03. The second-order valence-electron chi connectivity index (χ2n) is 3.88. The maximum atomic E-state index is 12.5. The molecule has 0 saturated heterocycles. The summed E-state index contributed by atoms with van der Waals surface area (Å²) >= 11 is 0. The molecule has 0 bridgehead atoms. The zero-order valence-corrected chi connectivity index (χ0v) is 10.1. The number of hydrogen-bond donors (Lipinski definition) is 0. The molecule has 1 aromatic heterocycles. The average Bonchev–Trinajstić information content (AvgIpc) is 2.69. The highest BCUT2D eigenvalue weighted by Gasteiger charge is 2.31. The molecule has 2 rings (SSSR count). The van der Waals surface area contributed by atoms with Gasteiger partial charge in [0.05, 0.1) is 10.5 Å². The number of alkyl halides is 3. The van der Waals surface area contributed by atoms with E-state index < -0.39 is 22.4 Å². The van der Waals surface area contributed by atoms with Crippen molar-refractivity contribution in [3.05, 3.63) is 46.1 Å². The largest absolute Gasteiger partial charge is 0.433 e. The number of rotatable bonds is 3. The minimum absolute atomic E-state index is 0.179. The van der Waals surface area contributed by atoms with E-state index in [4.69, 9.17) is 4.74 Å². The number of aromatic nitrogens is 2. The molecule has 0 radical (unpaired) electrons. The number of hydrogen-bond acceptors (Lipinski definition) is 4. The number of halogens is 3. The predicted molar refractivity (Wildman–Crippen MR) is 61.4 cm³/mol. The van der Waals surface area contributed by atoms with E-state index in [2.05, 4.69) is 5.10 Å². The van der Waals surface area contributed by atoms with Crippen molar-refractivity contribution in [1.82, 2.24) is 9.78 Å². The molecule has 1 heterocycles. The SMILES string of the molecule is Cn1cc([N+](=O)[O-])c(Oc2cccc(C(F)(F)F)c2)n1. The number of aryl methyl sites for hydroxylation is 1. The molecule has 6 nitrogen and oxygen atoms in total. The molecule has 0 aliphatic heterocycles. The van der Waals surface area contributed by atoms with Crippen molar-refractivity contribution >= 4 is 5.69 Å². The summed E-state index contributed by atoms with van der Waals surface area (Å²) in [5.74, 6) is -0.543. The molecule has 0 aliphatic rings. The molecule has 2 aromatic rings. The van der Waals surface area contributed by atoms with Crippen molar-refractivity contribution in [2.24, 2.45) is 7.05 Å². The summed E-state index contributed by atoms with van der Waals surface area (Å²) in [6.45, 7) is 0. The molecule has 1 aromatic carbocycles. The second kappa shape index (κ2) is 4.83. The van der Waals surface area contributed by atoms with Crippen LogP contribution < -0.4 is 4.74 Å². The molecule has 0 saturated carbocycles. The molecule has 0 amide bonds. The minimum atomic E-state index is -4.52. The zero-order valence-electron chi connectivity index (χ0n) is 10.1. The maximum Gasteiger partial charge on any atom is 0.416 e. The van der Waals surface area contributed by atoms with Crippen molar-refractivity contribution in [1.29, 1.82) is 0 Å². The Morgan fingerprint density at radius 1 is 1.40 bits per heavy atom. The third-order valence-corrected chi connectivity index (χ3v) is 2.35. The van der Waals surface area contributed by atoms with Crippen molar-refractivity contribution < 1.29 is 22.8 Å². The van der Waals surface area contributed by atoms with Gasteiger partial charge in [-0.05, 0) is 18.2 Å². The Kier molecular flexibility index (Phi) is 3.35. The van der Waals surface area contributed by atoms with Gasteiger partial charge in [0.1, 0.15) is 11.9 Å². The maximum absolute atomic E-state index is 12.5. The first-order chi connectivity index (χ1) is 9.27. The Morgan fingerprint density at radius 3 is 2.70 bits per heavy atom. The average molecular weight is 287 g/mol. The normalized spacial score (nSPS) is 11.4. The highest BCUT2D eigenvalue weighted by molar-refractivity contribution is 5.42. The van der Waals surface area contributed by atoms with Crippen LogP contribution in [0.3, 0.4) is 0 Å². The lowest BCUT2D eigenvalue weighted by Crippen LogP contribution is -2.04. The number of nitro groups is 1. The van der Waals surface area contributed by atoms with Crippen LogP contribution in [0.1, 0.15) is 5.56 Å². The van der Waals surface area contributed by atoms with E-state index in [1.54, 1.807) is 0 Å². The quantitative estimate of drug-likeness (QED) is 0.642. The summed E-state index contributed by atoms with van der Waals surface area (Å²) < 4.78 is 43.8. The Balaban J connectivity index is 2.33. The van der Waals surface area contributed by atoms with Gasteiger partial charge in [-0.2, -0.15) is 13.2 Å². The molecule has 0 aliphatic carbocycles. The van der Waals surface area contributed by atoms with Gasteiger partial charge in [0, 0.05) is 7.05 Å². The van der Waals surface area contributed by atoms with Gasteiger partial charge in [0.25, 0.3) is 0 Å². The predicted octanol–water partition coefficient (Wildman–Crippen LogP) is 3.14. The molecular weight excluding hydrogens is 279 g/mol. The van der Waals surface area contributed by atoms with Gasteiger partial charge in [0.15, 0.2) is 0 Å². The molecule has 106 valence electrons. The highest BCUT2D eigenvalue weighted by atomic mass is 19.4. The molecule has 0 spiro atoms. The minimum Gasteiger partial charge on any atom is -0.433 e. The first kappa shape index (κ1) is 13.8. The molecule has 20 heavy (non-hydrogen) atoms. The van der Waals surface area contributed by atoms with Crippen LogP contribution in [0.4, 0.5) is 18.9 Å². The van der Waals surface area contributed by atoms with Gasteiger partial charge in [-0.1, -0.05) is 6.07 Å². The summed E-state index contributed by atoms with van der Waals surface area (Å²) in [7, 11) is 1.44. The zero-order chi connectivity index (χ0) is 14.9. The smallest absolute Gasteiger partial charge is 0.416 e. The molecule has 9 heteroatoms. The van der Waals surface area contributed by atoms with Gasteiger partial charge in [0.2, 0.25) is 0 Å². The van der Waals surface area contributed by atoms with E-state index in [1.807, 2.05) is 0 Å². The van der Waals surface area contributed by atoms with Crippen molar-refractivity contribution in [2.45, 2.75) is 6.18 Å². The lowest BCUT2D eigenvalue weighted by Gasteiger charge is -2.08. The molecule has 0 fully saturated rings. The number of ether oxygens (including phenoxy) is 1. The number of benzene rings is 1. The monoisotopic (exact) mass is 287 g/mol. The molecule has 0 atom stereocenters. The first-order valence-corrected chi connectivity index (χ1v) is 5.30. The lowest BCUT2D eigenvalue weighted by atomic mass is 10.2.